The first kappa shape index (κ1) is 28.3. The van der Waals surface area contributed by atoms with Gasteiger partial charge in [0.15, 0.2) is 0 Å². The van der Waals surface area contributed by atoms with Crippen molar-refractivity contribution in [3.05, 3.63) is 71.8 Å². The van der Waals surface area contributed by atoms with Gasteiger partial charge in [0.1, 0.15) is 17.7 Å². The standard InChI is InChI=1S/C26H34N4O6/c1-26(2,3)36-25(35)29-20(16-21(27)32)24(34)30(14-15-31)22(19-12-8-5-9-13-19)23(33)28-17-18-10-6-4-7-11-18/h4-13,20,22,31H,14-17H2,1-3H3,(H2,27,32)(H,28,33)(H,29,35). The molecule has 10 heteroatoms. The molecule has 0 aliphatic rings. The van der Waals surface area contributed by atoms with Gasteiger partial charge in [-0.15, -0.1) is 0 Å². The maximum absolute atomic E-state index is 13.6. The predicted molar refractivity (Wildman–Crippen MR) is 133 cm³/mol. The smallest absolute Gasteiger partial charge is 0.408 e. The second kappa shape index (κ2) is 13.2. The molecule has 2 rings (SSSR count). The number of nitrogens with two attached hydrogens (primary N) is 1. The molecular weight excluding hydrogens is 464 g/mol. The molecule has 0 aliphatic heterocycles. The van der Waals surface area contributed by atoms with Crippen LogP contribution in [-0.4, -0.2) is 58.6 Å². The first-order chi connectivity index (χ1) is 17.0. The number of alkyl carbamates (subject to hydrolysis) is 1. The number of carbonyl (C=O) groups excluding carboxylic acids is 4. The van der Waals surface area contributed by atoms with Crippen molar-refractivity contribution in [3.8, 4) is 0 Å². The molecule has 0 aromatic heterocycles. The van der Waals surface area contributed by atoms with Crippen molar-refractivity contribution in [2.24, 2.45) is 5.73 Å². The summed E-state index contributed by atoms with van der Waals surface area (Å²) in [6.07, 6.45) is -1.44. The molecule has 0 saturated carbocycles. The summed E-state index contributed by atoms with van der Waals surface area (Å²) in [6, 6.07) is 15.2. The highest BCUT2D eigenvalue weighted by molar-refractivity contribution is 5.94. The van der Waals surface area contributed by atoms with Crippen molar-refractivity contribution >= 4 is 23.8 Å². The highest BCUT2D eigenvalue weighted by Gasteiger charge is 2.36. The van der Waals surface area contributed by atoms with Gasteiger partial charge in [-0.25, -0.2) is 4.79 Å². The number of aliphatic hydroxyl groups is 1. The van der Waals surface area contributed by atoms with Gasteiger partial charge in [-0.3, -0.25) is 14.4 Å². The quantitative estimate of drug-likeness (QED) is 0.370. The molecular formula is C26H34N4O6. The zero-order valence-electron chi connectivity index (χ0n) is 20.8. The highest BCUT2D eigenvalue weighted by Crippen LogP contribution is 2.23. The van der Waals surface area contributed by atoms with E-state index in [1.54, 1.807) is 51.1 Å². The summed E-state index contributed by atoms with van der Waals surface area (Å²) in [6.45, 7) is 4.47. The number of benzene rings is 2. The highest BCUT2D eigenvalue weighted by atomic mass is 16.6. The topological polar surface area (TPSA) is 151 Å². The van der Waals surface area contributed by atoms with E-state index in [9.17, 15) is 24.3 Å². The summed E-state index contributed by atoms with van der Waals surface area (Å²) in [5.41, 5.74) is 5.83. The van der Waals surface area contributed by atoms with Crippen LogP contribution in [0.5, 0.6) is 0 Å². The Morgan fingerprint density at radius 1 is 1.00 bits per heavy atom. The summed E-state index contributed by atoms with van der Waals surface area (Å²) < 4.78 is 5.22. The van der Waals surface area contributed by atoms with E-state index in [0.717, 1.165) is 10.5 Å². The van der Waals surface area contributed by atoms with Gasteiger partial charge in [-0.05, 0) is 31.9 Å². The summed E-state index contributed by atoms with van der Waals surface area (Å²) >= 11 is 0. The van der Waals surface area contributed by atoms with Gasteiger partial charge in [-0.1, -0.05) is 60.7 Å². The number of carbonyl (C=O) groups is 4. The average molecular weight is 499 g/mol. The number of nitrogens with zero attached hydrogens (tertiary/aromatic N) is 1. The summed E-state index contributed by atoms with van der Waals surface area (Å²) in [4.78, 5) is 52.3. The lowest BCUT2D eigenvalue weighted by molar-refractivity contribution is -0.144. The van der Waals surface area contributed by atoms with Gasteiger partial charge in [-0.2, -0.15) is 0 Å². The van der Waals surface area contributed by atoms with Crippen LogP contribution in [0.15, 0.2) is 60.7 Å². The summed E-state index contributed by atoms with van der Waals surface area (Å²) in [5, 5.41) is 14.9. The van der Waals surface area contributed by atoms with E-state index in [1.807, 2.05) is 30.3 Å². The van der Waals surface area contributed by atoms with Crippen LogP contribution in [-0.2, 0) is 25.7 Å². The monoisotopic (exact) mass is 498 g/mol. The summed E-state index contributed by atoms with van der Waals surface area (Å²) in [5.74, 6) is -2.10. The number of primary amides is 1. The van der Waals surface area contributed by atoms with E-state index in [-0.39, 0.29) is 13.1 Å². The number of amides is 4. The van der Waals surface area contributed by atoms with E-state index in [4.69, 9.17) is 10.5 Å². The first-order valence-electron chi connectivity index (χ1n) is 11.6. The molecule has 5 N–H and O–H groups in total. The fourth-order valence-corrected chi connectivity index (χ4v) is 3.52. The Labute approximate surface area is 210 Å². The molecule has 0 fully saturated rings. The van der Waals surface area contributed by atoms with Gasteiger partial charge in [0.25, 0.3) is 0 Å². The van der Waals surface area contributed by atoms with Crippen LogP contribution in [0.1, 0.15) is 44.4 Å². The minimum absolute atomic E-state index is 0.213. The van der Waals surface area contributed by atoms with Crippen LogP contribution >= 0.6 is 0 Å². The van der Waals surface area contributed by atoms with E-state index < -0.39 is 54.5 Å². The number of rotatable bonds is 11. The molecule has 0 aliphatic carbocycles. The molecule has 194 valence electrons. The molecule has 4 amide bonds. The third kappa shape index (κ3) is 9.03. The lowest BCUT2D eigenvalue weighted by Gasteiger charge is -2.34. The number of ether oxygens (including phenoxy) is 1. The molecule has 0 radical (unpaired) electrons. The van der Waals surface area contributed by atoms with Gasteiger partial charge >= 0.3 is 6.09 Å². The molecule has 10 nitrogen and oxygen atoms in total. The summed E-state index contributed by atoms with van der Waals surface area (Å²) in [7, 11) is 0. The number of aliphatic hydroxyl groups excluding tert-OH is 1. The Bertz CT molecular complexity index is 1020. The third-order valence-electron chi connectivity index (χ3n) is 5.00. The van der Waals surface area contributed by atoms with Crippen molar-refractivity contribution in [3.63, 3.8) is 0 Å². The van der Waals surface area contributed by atoms with Crippen molar-refractivity contribution in [1.29, 1.82) is 0 Å². The minimum atomic E-state index is -1.41. The Hall–Kier alpha value is -3.92. The van der Waals surface area contributed by atoms with Crippen LogP contribution in [0, 0.1) is 0 Å². The van der Waals surface area contributed by atoms with Gasteiger partial charge < -0.3 is 31.1 Å². The molecule has 2 aromatic carbocycles. The third-order valence-corrected chi connectivity index (χ3v) is 5.00. The largest absolute Gasteiger partial charge is 0.444 e. The average Bonchev–Trinajstić information content (AvgIpc) is 2.81. The number of hydrogen-bond acceptors (Lipinski definition) is 6. The molecule has 2 aromatic rings. The maximum atomic E-state index is 13.6. The van der Waals surface area contributed by atoms with Crippen molar-refractivity contribution in [2.45, 2.75) is 51.4 Å². The molecule has 0 spiro atoms. The zero-order chi connectivity index (χ0) is 26.7. The first-order valence-corrected chi connectivity index (χ1v) is 11.6. The van der Waals surface area contributed by atoms with E-state index in [1.165, 1.54) is 0 Å². The zero-order valence-corrected chi connectivity index (χ0v) is 20.8. The van der Waals surface area contributed by atoms with Crippen LogP contribution < -0.4 is 16.4 Å². The predicted octanol–water partition coefficient (Wildman–Crippen LogP) is 1.63. The molecule has 2 unspecified atom stereocenters. The number of hydrogen-bond donors (Lipinski definition) is 4. The van der Waals surface area contributed by atoms with Gasteiger partial charge in [0.05, 0.1) is 13.0 Å². The molecule has 36 heavy (non-hydrogen) atoms. The van der Waals surface area contributed by atoms with Crippen molar-refractivity contribution < 1.29 is 29.0 Å². The van der Waals surface area contributed by atoms with Crippen LogP contribution in [0.3, 0.4) is 0 Å². The SMILES string of the molecule is CC(C)(C)OC(=O)NC(CC(N)=O)C(=O)N(CCO)C(C(=O)NCc1ccccc1)c1ccccc1. The normalized spacial score (nSPS) is 12.7. The Morgan fingerprint density at radius 3 is 2.11 bits per heavy atom. The van der Waals surface area contributed by atoms with E-state index in [2.05, 4.69) is 10.6 Å². The van der Waals surface area contributed by atoms with Crippen molar-refractivity contribution in [2.75, 3.05) is 13.2 Å². The second-order valence-electron chi connectivity index (χ2n) is 9.14. The molecule has 0 heterocycles. The van der Waals surface area contributed by atoms with E-state index >= 15 is 0 Å². The Kier molecular flexibility index (Phi) is 10.4. The minimum Gasteiger partial charge on any atom is -0.444 e. The lowest BCUT2D eigenvalue weighted by Crippen LogP contribution is -2.54. The fourth-order valence-electron chi connectivity index (χ4n) is 3.52. The molecule has 0 saturated heterocycles. The second-order valence-corrected chi connectivity index (χ2v) is 9.14. The molecule has 2 atom stereocenters. The van der Waals surface area contributed by atoms with Crippen molar-refractivity contribution in [1.82, 2.24) is 15.5 Å². The Morgan fingerprint density at radius 2 is 1.58 bits per heavy atom. The molecule has 0 bridgehead atoms. The maximum Gasteiger partial charge on any atom is 0.408 e. The van der Waals surface area contributed by atoms with Crippen LogP contribution in [0.4, 0.5) is 4.79 Å². The number of nitrogens with one attached hydrogen (secondary N) is 2. The van der Waals surface area contributed by atoms with Crippen LogP contribution in [0.25, 0.3) is 0 Å². The van der Waals surface area contributed by atoms with Gasteiger partial charge in [0.2, 0.25) is 17.7 Å². The fraction of sp³-hybridized carbons (Fsp3) is 0.385. The van der Waals surface area contributed by atoms with Crippen LogP contribution in [0.2, 0.25) is 0 Å². The lowest BCUT2D eigenvalue weighted by atomic mass is 10.0. The van der Waals surface area contributed by atoms with Gasteiger partial charge in [0, 0.05) is 13.1 Å². The van der Waals surface area contributed by atoms with E-state index in [0.29, 0.717) is 5.56 Å². The Balaban J connectivity index is 2.38.